The highest BCUT2D eigenvalue weighted by Crippen LogP contribution is 2.24. The summed E-state index contributed by atoms with van der Waals surface area (Å²) in [6.07, 6.45) is 1.65. The van der Waals surface area contributed by atoms with Gasteiger partial charge in [0.15, 0.2) is 0 Å². The first-order valence-corrected chi connectivity index (χ1v) is 7.37. The molecule has 4 nitrogen and oxygen atoms in total. The zero-order valence-corrected chi connectivity index (χ0v) is 13.6. The van der Waals surface area contributed by atoms with E-state index in [9.17, 15) is 4.79 Å². The molecule has 0 spiro atoms. The van der Waals surface area contributed by atoms with E-state index in [1.807, 2.05) is 37.3 Å². The van der Waals surface area contributed by atoms with Gasteiger partial charge in [0.1, 0.15) is 0 Å². The lowest BCUT2D eigenvalue weighted by molar-refractivity contribution is 0.0939. The molecular formula is C18H23N3O. The molecule has 0 aliphatic carbocycles. The Labute approximate surface area is 131 Å². The van der Waals surface area contributed by atoms with Gasteiger partial charge in [0.05, 0.1) is 11.9 Å². The van der Waals surface area contributed by atoms with E-state index in [-0.39, 0.29) is 11.3 Å². The Hall–Kier alpha value is -2.36. The number of aryl methyl sites for hydroxylation is 1. The number of nitrogen functional groups attached to an aromatic ring is 1. The molecule has 2 rings (SSSR count). The van der Waals surface area contributed by atoms with E-state index in [1.54, 1.807) is 6.20 Å². The van der Waals surface area contributed by atoms with E-state index >= 15 is 0 Å². The topological polar surface area (TPSA) is 68.0 Å². The molecule has 0 bridgehead atoms. The minimum Gasteiger partial charge on any atom is -0.397 e. The van der Waals surface area contributed by atoms with Gasteiger partial charge in [-0.25, -0.2) is 0 Å². The van der Waals surface area contributed by atoms with Crippen LogP contribution in [0.1, 0.15) is 36.8 Å². The van der Waals surface area contributed by atoms with Crippen molar-refractivity contribution in [2.45, 2.75) is 27.7 Å². The largest absolute Gasteiger partial charge is 0.397 e. The number of hydrogen-bond acceptors (Lipinski definition) is 3. The number of amides is 1. The Morgan fingerprint density at radius 1 is 1.23 bits per heavy atom. The van der Waals surface area contributed by atoms with Crippen LogP contribution in [0.5, 0.6) is 0 Å². The number of hydrogen-bond donors (Lipinski definition) is 2. The van der Waals surface area contributed by atoms with Gasteiger partial charge in [-0.15, -0.1) is 0 Å². The number of carbonyl (C=O) groups excluding carboxylic acids is 1. The van der Waals surface area contributed by atoms with Crippen LogP contribution < -0.4 is 11.1 Å². The predicted octanol–water partition coefficient (Wildman–Crippen LogP) is 3.42. The molecule has 0 saturated heterocycles. The van der Waals surface area contributed by atoms with Crippen molar-refractivity contribution in [2.75, 3.05) is 12.3 Å². The van der Waals surface area contributed by atoms with Gasteiger partial charge in [-0.2, -0.15) is 0 Å². The fourth-order valence-electron chi connectivity index (χ4n) is 2.09. The second-order valence-corrected chi connectivity index (χ2v) is 6.72. The maximum Gasteiger partial charge on any atom is 0.251 e. The van der Waals surface area contributed by atoms with Gasteiger partial charge in [-0.05, 0) is 36.1 Å². The van der Waals surface area contributed by atoms with Crippen molar-refractivity contribution in [3.05, 3.63) is 47.8 Å². The number of anilines is 1. The van der Waals surface area contributed by atoms with Gasteiger partial charge in [-0.3, -0.25) is 9.78 Å². The lowest BCUT2D eigenvalue weighted by Gasteiger charge is -2.18. The standard InChI is InChI=1S/C18H23N3O/c1-12-16(9-15(19)10-20-12)13-5-7-14(8-6-13)17(22)21-11-18(2,3)4/h5-10H,11,19H2,1-4H3,(H,21,22). The highest BCUT2D eigenvalue weighted by molar-refractivity contribution is 5.94. The van der Waals surface area contributed by atoms with Crippen LogP contribution in [0.25, 0.3) is 11.1 Å². The molecule has 0 aliphatic heterocycles. The first-order valence-electron chi connectivity index (χ1n) is 7.37. The van der Waals surface area contributed by atoms with Gasteiger partial charge >= 0.3 is 0 Å². The van der Waals surface area contributed by atoms with Gasteiger partial charge in [0.25, 0.3) is 5.91 Å². The van der Waals surface area contributed by atoms with Crippen LogP contribution in [-0.2, 0) is 0 Å². The SMILES string of the molecule is Cc1ncc(N)cc1-c1ccc(C(=O)NCC(C)(C)C)cc1. The molecule has 1 heterocycles. The van der Waals surface area contributed by atoms with Gasteiger partial charge in [-0.1, -0.05) is 32.9 Å². The third-order valence-electron chi connectivity index (χ3n) is 3.35. The monoisotopic (exact) mass is 297 g/mol. The van der Waals surface area contributed by atoms with Crippen LogP contribution in [0, 0.1) is 12.3 Å². The van der Waals surface area contributed by atoms with Crippen molar-refractivity contribution >= 4 is 11.6 Å². The molecule has 1 amide bonds. The highest BCUT2D eigenvalue weighted by atomic mass is 16.1. The molecule has 0 saturated carbocycles. The predicted molar refractivity (Wildman–Crippen MR) is 90.6 cm³/mol. The fraction of sp³-hybridized carbons (Fsp3) is 0.333. The minimum absolute atomic E-state index is 0.0519. The smallest absolute Gasteiger partial charge is 0.251 e. The van der Waals surface area contributed by atoms with Gasteiger partial charge < -0.3 is 11.1 Å². The summed E-state index contributed by atoms with van der Waals surface area (Å²) in [7, 11) is 0. The summed E-state index contributed by atoms with van der Waals surface area (Å²) in [6.45, 7) is 8.86. The average molecular weight is 297 g/mol. The van der Waals surface area contributed by atoms with Gasteiger partial charge in [0, 0.05) is 23.4 Å². The Morgan fingerprint density at radius 3 is 2.45 bits per heavy atom. The molecule has 22 heavy (non-hydrogen) atoms. The van der Waals surface area contributed by atoms with E-state index in [0.29, 0.717) is 17.8 Å². The van der Waals surface area contributed by atoms with E-state index in [4.69, 9.17) is 5.73 Å². The molecule has 1 aromatic carbocycles. The van der Waals surface area contributed by atoms with E-state index in [2.05, 4.69) is 31.1 Å². The highest BCUT2D eigenvalue weighted by Gasteiger charge is 2.13. The lowest BCUT2D eigenvalue weighted by Crippen LogP contribution is -2.32. The van der Waals surface area contributed by atoms with Crippen LogP contribution >= 0.6 is 0 Å². The summed E-state index contributed by atoms with van der Waals surface area (Å²) < 4.78 is 0. The quantitative estimate of drug-likeness (QED) is 0.912. The van der Waals surface area contributed by atoms with Crippen molar-refractivity contribution in [3.63, 3.8) is 0 Å². The van der Waals surface area contributed by atoms with Crippen molar-refractivity contribution in [2.24, 2.45) is 5.41 Å². The molecule has 0 radical (unpaired) electrons. The molecule has 0 unspecified atom stereocenters. The summed E-state index contributed by atoms with van der Waals surface area (Å²) in [4.78, 5) is 16.4. The number of pyridine rings is 1. The zero-order chi connectivity index (χ0) is 16.3. The summed E-state index contributed by atoms with van der Waals surface area (Å²) in [5.41, 5.74) is 10.1. The number of aromatic nitrogens is 1. The van der Waals surface area contributed by atoms with Gasteiger partial charge in [0.2, 0.25) is 0 Å². The van der Waals surface area contributed by atoms with E-state index < -0.39 is 0 Å². The van der Waals surface area contributed by atoms with Crippen LogP contribution in [0.2, 0.25) is 0 Å². The molecule has 116 valence electrons. The third kappa shape index (κ3) is 4.07. The number of rotatable bonds is 3. The van der Waals surface area contributed by atoms with E-state index in [1.165, 1.54) is 0 Å². The lowest BCUT2D eigenvalue weighted by atomic mass is 9.97. The van der Waals surface area contributed by atoms with Crippen LogP contribution in [0.3, 0.4) is 0 Å². The molecule has 0 aliphatic rings. The summed E-state index contributed by atoms with van der Waals surface area (Å²) in [5, 5.41) is 2.95. The maximum atomic E-state index is 12.1. The third-order valence-corrected chi connectivity index (χ3v) is 3.35. The Morgan fingerprint density at radius 2 is 1.86 bits per heavy atom. The summed E-state index contributed by atoms with van der Waals surface area (Å²) in [6, 6.07) is 9.41. The molecule has 1 aromatic heterocycles. The van der Waals surface area contributed by atoms with Crippen molar-refractivity contribution in [3.8, 4) is 11.1 Å². The van der Waals surface area contributed by atoms with Crippen LogP contribution in [-0.4, -0.2) is 17.4 Å². The zero-order valence-electron chi connectivity index (χ0n) is 13.6. The molecule has 4 heteroatoms. The number of benzene rings is 1. The second-order valence-electron chi connectivity index (χ2n) is 6.72. The van der Waals surface area contributed by atoms with Crippen molar-refractivity contribution in [1.29, 1.82) is 0 Å². The maximum absolute atomic E-state index is 12.1. The summed E-state index contributed by atoms with van der Waals surface area (Å²) >= 11 is 0. The minimum atomic E-state index is -0.0519. The number of nitrogens with two attached hydrogens (primary N) is 1. The van der Waals surface area contributed by atoms with Crippen molar-refractivity contribution in [1.82, 2.24) is 10.3 Å². The Kier molecular flexibility index (Phi) is 4.50. The van der Waals surface area contributed by atoms with Crippen LogP contribution in [0.15, 0.2) is 36.5 Å². The molecule has 0 fully saturated rings. The second kappa shape index (κ2) is 6.18. The first kappa shape index (κ1) is 16.0. The molecule has 0 atom stereocenters. The Bertz CT molecular complexity index is 670. The van der Waals surface area contributed by atoms with Crippen LogP contribution in [0.4, 0.5) is 5.69 Å². The normalized spacial score (nSPS) is 11.3. The molecule has 3 N–H and O–H groups in total. The average Bonchev–Trinajstić information content (AvgIpc) is 2.47. The van der Waals surface area contributed by atoms with E-state index in [0.717, 1.165) is 16.8 Å². The first-order chi connectivity index (χ1) is 10.3. The number of nitrogens with one attached hydrogen (secondary N) is 1. The number of nitrogens with zero attached hydrogens (tertiary/aromatic N) is 1. The fourth-order valence-corrected chi connectivity index (χ4v) is 2.09. The molecule has 2 aromatic rings. The number of carbonyl (C=O) groups is 1. The molecular weight excluding hydrogens is 274 g/mol. The summed E-state index contributed by atoms with van der Waals surface area (Å²) in [5.74, 6) is -0.0519. The Balaban J connectivity index is 2.17. The van der Waals surface area contributed by atoms with Crippen molar-refractivity contribution < 1.29 is 4.79 Å².